The lowest BCUT2D eigenvalue weighted by atomic mass is 9.96. The summed E-state index contributed by atoms with van der Waals surface area (Å²) >= 11 is 0. The van der Waals surface area contributed by atoms with Gasteiger partial charge in [0, 0.05) is 37.5 Å². The molecule has 2 N–H and O–H groups in total. The van der Waals surface area contributed by atoms with Crippen LogP contribution in [0.25, 0.3) is 11.0 Å². The van der Waals surface area contributed by atoms with E-state index in [0.29, 0.717) is 38.3 Å². The largest absolute Gasteiger partial charge is 0.418 e. The van der Waals surface area contributed by atoms with Crippen molar-refractivity contribution < 1.29 is 26.7 Å². The number of hydrogen-bond donors (Lipinski definition) is 2. The molecule has 5 nitrogen and oxygen atoms in total. The Morgan fingerprint density at radius 3 is 2.33 bits per heavy atom. The summed E-state index contributed by atoms with van der Waals surface area (Å²) < 4.78 is 67.4. The maximum Gasteiger partial charge on any atom is 0.418 e. The second kappa shape index (κ2) is 7.47. The highest BCUT2D eigenvalue weighted by Crippen LogP contribution is 2.38. The number of halogens is 5. The van der Waals surface area contributed by atoms with Crippen molar-refractivity contribution in [3.8, 4) is 0 Å². The lowest BCUT2D eigenvalue weighted by molar-refractivity contribution is -0.136. The molecule has 0 saturated carbocycles. The summed E-state index contributed by atoms with van der Waals surface area (Å²) in [6, 6.07) is 1.48. The molecule has 1 aliphatic heterocycles. The number of rotatable bonds is 5. The fourth-order valence-electron chi connectivity index (χ4n) is 3.60. The Morgan fingerprint density at radius 2 is 1.80 bits per heavy atom. The topological polar surface area (TPSA) is 61.0 Å². The average molecular weight is 432 g/mol. The number of aromatic nitrogens is 2. The van der Waals surface area contributed by atoms with Crippen molar-refractivity contribution in [2.45, 2.75) is 51.8 Å². The Kier molecular flexibility index (Phi) is 5.59. The second-order valence-electron chi connectivity index (χ2n) is 9.05. The first-order valence-electron chi connectivity index (χ1n) is 9.63. The van der Waals surface area contributed by atoms with Gasteiger partial charge in [0.25, 0.3) is 5.92 Å². The first kappa shape index (κ1) is 22.5. The van der Waals surface area contributed by atoms with Gasteiger partial charge in [-0.3, -0.25) is 9.69 Å². The summed E-state index contributed by atoms with van der Waals surface area (Å²) in [7, 11) is 0. The van der Waals surface area contributed by atoms with Crippen molar-refractivity contribution in [1.82, 2.24) is 20.2 Å². The molecule has 166 valence electrons. The number of likely N-dealkylation sites (tertiary alicyclic amines) is 1. The van der Waals surface area contributed by atoms with Crippen LogP contribution in [-0.2, 0) is 23.3 Å². The van der Waals surface area contributed by atoms with Gasteiger partial charge in [-0.25, -0.2) is 13.8 Å². The van der Waals surface area contributed by atoms with E-state index in [9.17, 15) is 26.7 Å². The number of nitrogens with one attached hydrogen (secondary N) is 2. The molecule has 0 unspecified atom stereocenters. The van der Waals surface area contributed by atoms with Gasteiger partial charge in [-0.1, -0.05) is 0 Å². The van der Waals surface area contributed by atoms with Crippen molar-refractivity contribution in [3.05, 3.63) is 29.1 Å². The molecule has 10 heteroatoms. The van der Waals surface area contributed by atoms with Crippen molar-refractivity contribution in [3.63, 3.8) is 0 Å². The molecule has 3 rings (SSSR count). The Morgan fingerprint density at radius 1 is 1.17 bits per heavy atom. The van der Waals surface area contributed by atoms with Gasteiger partial charge in [-0.15, -0.1) is 0 Å². The number of carbonyl (C=O) groups is 1. The molecule has 1 saturated heterocycles. The summed E-state index contributed by atoms with van der Waals surface area (Å²) in [5, 5.41) is 2.87. The van der Waals surface area contributed by atoms with Crippen LogP contribution in [0.4, 0.5) is 22.0 Å². The molecule has 1 amide bonds. The molecule has 1 fully saturated rings. The van der Waals surface area contributed by atoms with Gasteiger partial charge in [0.2, 0.25) is 5.91 Å². The van der Waals surface area contributed by atoms with E-state index in [0.717, 1.165) is 6.07 Å². The summed E-state index contributed by atoms with van der Waals surface area (Å²) in [5.41, 5.74) is -2.62. The molecule has 0 radical (unpaired) electrons. The van der Waals surface area contributed by atoms with E-state index in [4.69, 9.17) is 0 Å². The van der Waals surface area contributed by atoms with Crippen LogP contribution in [0, 0.1) is 5.92 Å². The van der Waals surface area contributed by atoms with E-state index < -0.39 is 23.2 Å². The minimum absolute atomic E-state index is 0.0583. The normalized spacial score (nSPS) is 16.7. The number of imidazole rings is 1. The highest BCUT2D eigenvalue weighted by atomic mass is 19.4. The molecule has 0 atom stereocenters. The number of alkyl halides is 5. The zero-order valence-electron chi connectivity index (χ0n) is 17.3. The third-order valence-electron chi connectivity index (χ3n) is 4.84. The van der Waals surface area contributed by atoms with Gasteiger partial charge in [-0.05, 0) is 38.8 Å². The van der Waals surface area contributed by atoms with E-state index in [-0.39, 0.29) is 34.9 Å². The zero-order chi connectivity index (χ0) is 22.5. The van der Waals surface area contributed by atoms with E-state index in [2.05, 4.69) is 15.3 Å². The van der Waals surface area contributed by atoms with Crippen LogP contribution in [0.15, 0.2) is 12.1 Å². The number of amides is 1. The van der Waals surface area contributed by atoms with Crippen molar-refractivity contribution in [1.29, 1.82) is 0 Å². The Hall–Kier alpha value is -2.23. The molecule has 1 aliphatic rings. The predicted octanol–water partition coefficient (Wildman–Crippen LogP) is 4.08. The van der Waals surface area contributed by atoms with Gasteiger partial charge in [0.05, 0.1) is 17.6 Å². The maximum absolute atomic E-state index is 13.6. The number of aromatic amines is 1. The molecule has 0 aliphatic carbocycles. The molecule has 30 heavy (non-hydrogen) atoms. The van der Waals surface area contributed by atoms with E-state index in [1.54, 1.807) is 0 Å². The number of H-pyrrole nitrogens is 1. The Bertz CT molecular complexity index is 934. The summed E-state index contributed by atoms with van der Waals surface area (Å²) in [5.74, 6) is -3.06. The molecule has 2 heterocycles. The van der Waals surface area contributed by atoms with Crippen molar-refractivity contribution in [2.75, 3.05) is 19.6 Å². The molecular weight excluding hydrogens is 407 g/mol. The Balaban J connectivity index is 1.71. The molecular formula is C20H25F5N4O. The smallest absolute Gasteiger partial charge is 0.350 e. The first-order valence-corrected chi connectivity index (χ1v) is 9.63. The van der Waals surface area contributed by atoms with Gasteiger partial charge in [-0.2, -0.15) is 13.2 Å². The number of benzene rings is 1. The summed E-state index contributed by atoms with van der Waals surface area (Å²) in [4.78, 5) is 20.7. The fraction of sp³-hybridized carbons (Fsp3) is 0.600. The predicted molar refractivity (Wildman–Crippen MR) is 102 cm³/mol. The maximum atomic E-state index is 13.6. The highest BCUT2D eigenvalue weighted by Gasteiger charge is 2.37. The number of hydrogen-bond acceptors (Lipinski definition) is 3. The van der Waals surface area contributed by atoms with Gasteiger partial charge < -0.3 is 10.3 Å². The second-order valence-corrected chi connectivity index (χ2v) is 9.05. The zero-order valence-corrected chi connectivity index (χ0v) is 17.3. The minimum Gasteiger partial charge on any atom is -0.350 e. The molecule has 1 aromatic carbocycles. The quantitative estimate of drug-likeness (QED) is 0.700. The van der Waals surface area contributed by atoms with Crippen LogP contribution in [0.1, 0.15) is 44.6 Å². The highest BCUT2D eigenvalue weighted by molar-refractivity contribution is 5.81. The van der Waals surface area contributed by atoms with E-state index in [1.807, 2.05) is 25.7 Å². The minimum atomic E-state index is -4.79. The standard InChI is InChI=1S/C20H25F5N4O/c1-18(2,3)28-16(30)10-29-8-11(9-29)5-15-26-14-7-12(19(4,21)22)6-13(17(14)27-15)20(23,24)25/h6-7,11H,5,8-10H2,1-4H3,(H,26,27)(H,28,30). The van der Waals surface area contributed by atoms with Crippen LogP contribution in [0.2, 0.25) is 0 Å². The molecule has 2 aromatic rings. The van der Waals surface area contributed by atoms with Crippen molar-refractivity contribution in [2.24, 2.45) is 5.92 Å². The SMILES string of the molecule is CC(C)(C)NC(=O)CN1CC(Cc2nc3c(C(F)(F)F)cc(C(C)(F)F)cc3[nH]2)C1. The first-order chi connectivity index (χ1) is 13.6. The monoisotopic (exact) mass is 432 g/mol. The van der Waals surface area contributed by atoms with E-state index >= 15 is 0 Å². The summed E-state index contributed by atoms with van der Waals surface area (Å²) in [6.07, 6.45) is -4.42. The van der Waals surface area contributed by atoms with Crippen LogP contribution in [-0.4, -0.2) is 45.9 Å². The van der Waals surface area contributed by atoms with Gasteiger partial charge in [0.15, 0.2) is 0 Å². The van der Waals surface area contributed by atoms with Crippen LogP contribution in [0.3, 0.4) is 0 Å². The van der Waals surface area contributed by atoms with E-state index in [1.165, 1.54) is 0 Å². The average Bonchev–Trinajstić information content (AvgIpc) is 2.90. The van der Waals surface area contributed by atoms with Gasteiger partial charge in [0.1, 0.15) is 11.3 Å². The summed E-state index contributed by atoms with van der Waals surface area (Å²) in [6.45, 7) is 7.70. The van der Waals surface area contributed by atoms with Crippen LogP contribution >= 0.6 is 0 Å². The van der Waals surface area contributed by atoms with Gasteiger partial charge >= 0.3 is 6.18 Å². The third-order valence-corrected chi connectivity index (χ3v) is 4.84. The van der Waals surface area contributed by atoms with Crippen LogP contribution in [0.5, 0.6) is 0 Å². The van der Waals surface area contributed by atoms with Crippen molar-refractivity contribution >= 4 is 16.9 Å². The lowest BCUT2D eigenvalue weighted by Crippen LogP contribution is -2.53. The molecule has 0 bridgehead atoms. The molecule has 1 aromatic heterocycles. The molecule has 0 spiro atoms. The third kappa shape index (κ3) is 5.27. The number of nitrogens with zero attached hydrogens (tertiary/aromatic N) is 2. The lowest BCUT2D eigenvalue weighted by Gasteiger charge is -2.39. The number of fused-ring (bicyclic) bond motifs is 1. The fourth-order valence-corrected chi connectivity index (χ4v) is 3.60. The Labute approximate surface area is 171 Å². The van der Waals surface area contributed by atoms with Crippen LogP contribution < -0.4 is 5.32 Å². The number of carbonyl (C=O) groups excluding carboxylic acids is 1.